The number of amides is 1. The predicted molar refractivity (Wildman–Crippen MR) is 120 cm³/mol. The topological polar surface area (TPSA) is 114 Å². The number of nitrogens with one attached hydrogen (secondary N) is 2. The smallest absolute Gasteiger partial charge is 0.261 e. The van der Waals surface area contributed by atoms with Crippen LogP contribution in [0.4, 0.5) is 5.69 Å². The van der Waals surface area contributed by atoms with Crippen molar-refractivity contribution in [1.29, 1.82) is 0 Å². The van der Waals surface area contributed by atoms with Crippen LogP contribution in [0.25, 0.3) is 11.4 Å². The molecule has 0 saturated heterocycles. The molecule has 0 unspecified atom stereocenters. The van der Waals surface area contributed by atoms with Gasteiger partial charge in [0.2, 0.25) is 11.7 Å². The molecule has 0 radical (unpaired) electrons. The molecule has 4 aromatic rings. The van der Waals surface area contributed by atoms with E-state index in [0.717, 1.165) is 0 Å². The van der Waals surface area contributed by atoms with E-state index in [9.17, 15) is 13.2 Å². The summed E-state index contributed by atoms with van der Waals surface area (Å²) < 4.78 is 32.6. The summed E-state index contributed by atoms with van der Waals surface area (Å²) in [6, 6.07) is 21.2. The van der Waals surface area contributed by atoms with Gasteiger partial charge in [0.05, 0.1) is 11.4 Å². The molecule has 1 heterocycles. The van der Waals surface area contributed by atoms with Crippen molar-refractivity contribution in [2.75, 3.05) is 4.72 Å². The molecule has 1 amide bonds. The highest BCUT2D eigenvalue weighted by atomic mass is 35.5. The first-order chi connectivity index (χ1) is 15.4. The molecule has 2 N–H and O–H groups in total. The Labute approximate surface area is 189 Å². The normalized spacial score (nSPS) is 11.2. The first kappa shape index (κ1) is 21.5. The Bertz CT molecular complexity index is 1320. The number of anilines is 1. The zero-order valence-electron chi connectivity index (χ0n) is 16.5. The lowest BCUT2D eigenvalue weighted by atomic mass is 10.2. The molecular formula is C22H17ClN4O4S. The standard InChI is InChI=1S/C22H17ClN4O4S/c23-17-8-12-19(13-9-17)32(29,30)27-18-10-6-15(7-11-18)21-25-20(31-26-21)14-24-22(28)16-4-2-1-3-5-16/h1-13,27H,14H2,(H,24,28). The highest BCUT2D eigenvalue weighted by molar-refractivity contribution is 7.92. The van der Waals surface area contributed by atoms with Gasteiger partial charge in [-0.15, -0.1) is 0 Å². The van der Waals surface area contributed by atoms with E-state index in [2.05, 4.69) is 20.2 Å². The number of sulfonamides is 1. The van der Waals surface area contributed by atoms with Crippen molar-refractivity contribution < 1.29 is 17.7 Å². The van der Waals surface area contributed by atoms with Gasteiger partial charge < -0.3 is 9.84 Å². The molecule has 0 fully saturated rings. The minimum Gasteiger partial charge on any atom is -0.343 e. The van der Waals surface area contributed by atoms with Crippen LogP contribution in [0, 0.1) is 0 Å². The highest BCUT2D eigenvalue weighted by Crippen LogP contribution is 2.22. The summed E-state index contributed by atoms with van der Waals surface area (Å²) >= 11 is 5.81. The Morgan fingerprint density at radius 1 is 0.938 bits per heavy atom. The molecule has 10 heteroatoms. The Kier molecular flexibility index (Phi) is 6.20. The molecule has 4 rings (SSSR count). The molecule has 0 saturated carbocycles. The minimum absolute atomic E-state index is 0.0830. The first-order valence-corrected chi connectivity index (χ1v) is 11.3. The van der Waals surface area contributed by atoms with Crippen LogP contribution in [0.15, 0.2) is 88.3 Å². The molecule has 32 heavy (non-hydrogen) atoms. The van der Waals surface area contributed by atoms with Gasteiger partial charge in [-0.3, -0.25) is 9.52 Å². The number of hydrogen-bond acceptors (Lipinski definition) is 6. The third-order valence-corrected chi connectivity index (χ3v) is 6.07. The van der Waals surface area contributed by atoms with Crippen LogP contribution in [-0.4, -0.2) is 24.5 Å². The second-order valence-electron chi connectivity index (χ2n) is 6.70. The number of halogens is 1. The second-order valence-corrected chi connectivity index (χ2v) is 8.82. The van der Waals surface area contributed by atoms with E-state index in [1.165, 1.54) is 24.3 Å². The number of rotatable bonds is 7. The van der Waals surface area contributed by atoms with E-state index in [-0.39, 0.29) is 23.2 Å². The molecule has 0 aliphatic heterocycles. The van der Waals surface area contributed by atoms with Crippen LogP contribution in [0.1, 0.15) is 16.2 Å². The van der Waals surface area contributed by atoms with Crippen LogP contribution in [0.2, 0.25) is 5.02 Å². The summed E-state index contributed by atoms with van der Waals surface area (Å²) in [7, 11) is -3.74. The SMILES string of the molecule is O=C(NCc1nc(-c2ccc(NS(=O)(=O)c3ccc(Cl)cc3)cc2)no1)c1ccccc1. The van der Waals surface area contributed by atoms with Crippen LogP contribution < -0.4 is 10.0 Å². The lowest BCUT2D eigenvalue weighted by molar-refractivity contribution is 0.0946. The predicted octanol–water partition coefficient (Wildman–Crippen LogP) is 4.12. The maximum absolute atomic E-state index is 12.5. The number of aromatic nitrogens is 2. The molecule has 0 aliphatic carbocycles. The fourth-order valence-electron chi connectivity index (χ4n) is 2.81. The third kappa shape index (κ3) is 5.13. The lowest BCUT2D eigenvalue weighted by Crippen LogP contribution is -2.22. The van der Waals surface area contributed by atoms with Gasteiger partial charge in [-0.2, -0.15) is 4.98 Å². The summed E-state index contributed by atoms with van der Waals surface area (Å²) in [5, 5.41) is 7.07. The van der Waals surface area contributed by atoms with E-state index < -0.39 is 10.0 Å². The van der Waals surface area contributed by atoms with Crippen molar-refractivity contribution in [3.8, 4) is 11.4 Å². The maximum atomic E-state index is 12.5. The van der Waals surface area contributed by atoms with E-state index >= 15 is 0 Å². The van der Waals surface area contributed by atoms with Crippen LogP contribution in [-0.2, 0) is 16.6 Å². The Hall–Kier alpha value is -3.69. The van der Waals surface area contributed by atoms with Gasteiger partial charge in [-0.25, -0.2) is 8.42 Å². The summed E-state index contributed by atoms with van der Waals surface area (Å²) in [5.74, 6) is 0.320. The molecule has 8 nitrogen and oxygen atoms in total. The molecule has 162 valence electrons. The van der Waals surface area contributed by atoms with E-state index in [4.69, 9.17) is 16.1 Å². The minimum atomic E-state index is -3.74. The fourth-order valence-corrected chi connectivity index (χ4v) is 3.99. The van der Waals surface area contributed by atoms with Gasteiger partial charge in [0.1, 0.15) is 0 Å². The number of nitrogens with zero attached hydrogens (tertiary/aromatic N) is 2. The van der Waals surface area contributed by atoms with Gasteiger partial charge in [0, 0.05) is 21.8 Å². The zero-order chi connectivity index (χ0) is 22.6. The second kappa shape index (κ2) is 9.21. The van der Waals surface area contributed by atoms with Gasteiger partial charge >= 0.3 is 0 Å². The van der Waals surface area contributed by atoms with Gasteiger partial charge in [0.25, 0.3) is 15.9 Å². The largest absolute Gasteiger partial charge is 0.343 e. The van der Waals surface area contributed by atoms with Crippen molar-refractivity contribution in [1.82, 2.24) is 15.5 Å². The maximum Gasteiger partial charge on any atom is 0.261 e. The Balaban J connectivity index is 1.39. The number of carbonyl (C=O) groups is 1. The van der Waals surface area contributed by atoms with E-state index in [0.29, 0.717) is 27.7 Å². The number of benzene rings is 3. The third-order valence-electron chi connectivity index (χ3n) is 4.42. The van der Waals surface area contributed by atoms with Crippen LogP contribution >= 0.6 is 11.6 Å². The lowest BCUT2D eigenvalue weighted by Gasteiger charge is -2.08. The summed E-state index contributed by atoms with van der Waals surface area (Å²) in [6.45, 7) is 0.0830. The van der Waals surface area contributed by atoms with Crippen molar-refractivity contribution in [3.05, 3.63) is 95.3 Å². The van der Waals surface area contributed by atoms with Crippen LogP contribution in [0.5, 0.6) is 0 Å². The molecule has 0 atom stereocenters. The zero-order valence-corrected chi connectivity index (χ0v) is 18.1. The highest BCUT2D eigenvalue weighted by Gasteiger charge is 2.15. The van der Waals surface area contributed by atoms with E-state index in [1.54, 1.807) is 48.5 Å². The molecule has 0 spiro atoms. The molecule has 3 aromatic carbocycles. The molecule has 0 bridgehead atoms. The van der Waals surface area contributed by atoms with Gasteiger partial charge in [0.15, 0.2) is 0 Å². The van der Waals surface area contributed by atoms with Crippen molar-refractivity contribution in [2.45, 2.75) is 11.4 Å². The van der Waals surface area contributed by atoms with Gasteiger partial charge in [-0.1, -0.05) is 35.0 Å². The molecule has 1 aromatic heterocycles. The summed E-state index contributed by atoms with van der Waals surface area (Å²) in [5.41, 5.74) is 1.54. The average Bonchev–Trinajstić information content (AvgIpc) is 3.28. The number of carbonyl (C=O) groups excluding carboxylic acids is 1. The number of hydrogen-bond donors (Lipinski definition) is 2. The monoisotopic (exact) mass is 468 g/mol. The summed E-state index contributed by atoms with van der Waals surface area (Å²) in [6.07, 6.45) is 0. The first-order valence-electron chi connectivity index (χ1n) is 9.45. The van der Waals surface area contributed by atoms with Crippen molar-refractivity contribution >= 4 is 33.2 Å². The van der Waals surface area contributed by atoms with Crippen LogP contribution in [0.3, 0.4) is 0 Å². The van der Waals surface area contributed by atoms with Crippen molar-refractivity contribution in [2.24, 2.45) is 0 Å². The molecule has 0 aliphatic rings. The average molecular weight is 469 g/mol. The Morgan fingerprint density at radius 3 is 2.31 bits per heavy atom. The van der Waals surface area contributed by atoms with Gasteiger partial charge in [-0.05, 0) is 60.7 Å². The Morgan fingerprint density at radius 2 is 1.62 bits per heavy atom. The molecular weight excluding hydrogens is 452 g/mol. The van der Waals surface area contributed by atoms with Crippen molar-refractivity contribution in [3.63, 3.8) is 0 Å². The summed E-state index contributed by atoms with van der Waals surface area (Å²) in [4.78, 5) is 16.5. The fraction of sp³-hybridized carbons (Fsp3) is 0.0455. The van der Waals surface area contributed by atoms with E-state index in [1.807, 2.05) is 6.07 Å². The quantitative estimate of drug-likeness (QED) is 0.421.